The molecule has 0 atom stereocenters. The summed E-state index contributed by atoms with van der Waals surface area (Å²) >= 11 is 0. The van der Waals surface area contributed by atoms with E-state index in [1.807, 2.05) is 18.2 Å². The van der Waals surface area contributed by atoms with Crippen molar-refractivity contribution in [2.45, 2.75) is 38.1 Å². The molecule has 4 rings (SSSR count). The second kappa shape index (κ2) is 8.95. The molecule has 1 saturated carbocycles. The topological polar surface area (TPSA) is 67.4 Å². The van der Waals surface area contributed by atoms with E-state index in [2.05, 4.69) is 22.8 Å². The van der Waals surface area contributed by atoms with Gasteiger partial charge in [0.05, 0.1) is 6.54 Å². The Morgan fingerprint density at radius 1 is 1.03 bits per heavy atom. The van der Waals surface area contributed by atoms with Gasteiger partial charge >= 0.3 is 0 Å². The maximum Gasteiger partial charge on any atom is 0.251 e. The maximum absolute atomic E-state index is 12.0. The molecule has 1 fully saturated rings. The van der Waals surface area contributed by atoms with Crippen LogP contribution in [0.5, 0.6) is 5.75 Å². The van der Waals surface area contributed by atoms with Gasteiger partial charge in [-0.2, -0.15) is 0 Å². The highest BCUT2D eigenvalue weighted by atomic mass is 16.5. The summed E-state index contributed by atoms with van der Waals surface area (Å²) in [6.45, 7) is 0.879. The van der Waals surface area contributed by atoms with Crippen LogP contribution in [0.1, 0.15) is 46.3 Å². The normalized spacial score (nSPS) is 15.2. The monoisotopic (exact) mass is 390 g/mol. The van der Waals surface area contributed by atoms with Crippen molar-refractivity contribution < 1.29 is 14.3 Å². The van der Waals surface area contributed by atoms with E-state index in [1.165, 1.54) is 23.6 Å². The Kier molecular flexibility index (Phi) is 5.94. The number of ether oxygens (including phenoxy) is 1. The third-order valence-corrected chi connectivity index (χ3v) is 5.25. The first-order valence-electron chi connectivity index (χ1n) is 10.3. The molecule has 2 aromatic carbocycles. The van der Waals surface area contributed by atoms with Gasteiger partial charge in [-0.1, -0.05) is 18.2 Å². The number of hydrogen-bond acceptors (Lipinski definition) is 3. The van der Waals surface area contributed by atoms with Gasteiger partial charge in [-0.25, -0.2) is 0 Å². The van der Waals surface area contributed by atoms with Crippen LogP contribution in [0.4, 0.5) is 0 Å². The van der Waals surface area contributed by atoms with Crippen molar-refractivity contribution in [3.05, 3.63) is 70.8 Å². The first kappa shape index (κ1) is 19.2. The minimum absolute atomic E-state index is 0.0378. The number of rotatable bonds is 8. The molecule has 2 amide bonds. The van der Waals surface area contributed by atoms with Gasteiger partial charge in [-0.05, 0) is 79.1 Å². The molecule has 0 radical (unpaired) electrons. The van der Waals surface area contributed by atoms with Crippen molar-refractivity contribution in [1.29, 1.82) is 0 Å². The smallest absolute Gasteiger partial charge is 0.251 e. The fraction of sp³-hybridized carbons (Fsp3) is 0.333. The van der Waals surface area contributed by atoms with E-state index in [-0.39, 0.29) is 11.8 Å². The average Bonchev–Trinajstić information content (AvgIpc) is 3.43. The molecule has 0 aliphatic heterocycles. The Hall–Kier alpha value is -3.08. The van der Waals surface area contributed by atoms with Gasteiger partial charge in [-0.3, -0.25) is 9.59 Å². The van der Waals surface area contributed by atoms with Crippen LogP contribution in [0.2, 0.25) is 0 Å². The zero-order valence-corrected chi connectivity index (χ0v) is 16.4. The number of carbonyl (C=O) groups is 2. The lowest BCUT2D eigenvalue weighted by Gasteiger charge is -2.08. The maximum atomic E-state index is 12.0. The van der Waals surface area contributed by atoms with Crippen LogP contribution in [0, 0.1) is 0 Å². The van der Waals surface area contributed by atoms with Gasteiger partial charge in [0.2, 0.25) is 5.91 Å². The number of carbonyl (C=O) groups excluding carboxylic acids is 2. The van der Waals surface area contributed by atoms with E-state index >= 15 is 0 Å². The molecule has 0 saturated heterocycles. The average molecular weight is 390 g/mol. The third-order valence-electron chi connectivity index (χ3n) is 5.25. The molecule has 0 bridgehead atoms. The number of aryl methyl sites for hydroxylation is 2. The summed E-state index contributed by atoms with van der Waals surface area (Å²) in [5.74, 6) is 0.656. The zero-order chi connectivity index (χ0) is 20.1. The van der Waals surface area contributed by atoms with Crippen LogP contribution in [0.25, 0.3) is 6.08 Å². The summed E-state index contributed by atoms with van der Waals surface area (Å²) in [6.07, 6.45) is 8.88. The fourth-order valence-corrected chi connectivity index (χ4v) is 3.45. The van der Waals surface area contributed by atoms with E-state index in [4.69, 9.17) is 4.74 Å². The Morgan fingerprint density at radius 2 is 1.83 bits per heavy atom. The fourth-order valence-electron chi connectivity index (χ4n) is 3.45. The third kappa shape index (κ3) is 5.47. The Balaban J connectivity index is 1.18. The summed E-state index contributed by atoms with van der Waals surface area (Å²) in [7, 11) is 0. The van der Waals surface area contributed by atoms with Crippen LogP contribution in [-0.4, -0.2) is 31.0 Å². The van der Waals surface area contributed by atoms with E-state index in [1.54, 1.807) is 18.2 Å². The van der Waals surface area contributed by atoms with E-state index in [0.29, 0.717) is 24.8 Å². The van der Waals surface area contributed by atoms with Gasteiger partial charge in [0.25, 0.3) is 5.91 Å². The minimum Gasteiger partial charge on any atom is -0.492 e. The molecule has 2 aliphatic carbocycles. The van der Waals surface area contributed by atoms with Crippen molar-refractivity contribution >= 4 is 17.9 Å². The van der Waals surface area contributed by atoms with Crippen molar-refractivity contribution in [1.82, 2.24) is 10.6 Å². The lowest BCUT2D eigenvalue weighted by atomic mass is 10.1. The molecule has 0 spiro atoms. The van der Waals surface area contributed by atoms with Gasteiger partial charge in [0.15, 0.2) is 0 Å². The predicted molar refractivity (Wildman–Crippen MR) is 113 cm³/mol. The van der Waals surface area contributed by atoms with Crippen molar-refractivity contribution in [2.75, 3.05) is 13.2 Å². The first-order valence-corrected chi connectivity index (χ1v) is 10.3. The quantitative estimate of drug-likeness (QED) is 0.537. The molecule has 2 N–H and O–H groups in total. The SMILES string of the molecule is O=C(C=Cc1ccc(C(=O)NC2CC2)cc1)NCCOc1ccc2c(c1)CCC2. The van der Waals surface area contributed by atoms with Gasteiger partial charge in [0, 0.05) is 17.7 Å². The van der Waals surface area contributed by atoms with E-state index in [9.17, 15) is 9.59 Å². The largest absolute Gasteiger partial charge is 0.492 e. The molecule has 29 heavy (non-hydrogen) atoms. The summed E-state index contributed by atoms with van der Waals surface area (Å²) in [6, 6.07) is 13.8. The molecule has 0 heterocycles. The number of nitrogens with one attached hydrogen (secondary N) is 2. The molecule has 5 heteroatoms. The summed E-state index contributed by atoms with van der Waals surface area (Å²) in [5, 5.41) is 5.78. The number of benzene rings is 2. The lowest BCUT2D eigenvalue weighted by molar-refractivity contribution is -0.116. The first-order chi connectivity index (χ1) is 14.2. The second-order valence-electron chi connectivity index (χ2n) is 7.63. The highest BCUT2D eigenvalue weighted by Gasteiger charge is 2.23. The van der Waals surface area contributed by atoms with E-state index < -0.39 is 0 Å². The zero-order valence-electron chi connectivity index (χ0n) is 16.4. The van der Waals surface area contributed by atoms with Crippen molar-refractivity contribution in [3.63, 3.8) is 0 Å². The van der Waals surface area contributed by atoms with Gasteiger partial charge in [0.1, 0.15) is 12.4 Å². The van der Waals surface area contributed by atoms with Crippen LogP contribution < -0.4 is 15.4 Å². The Bertz CT molecular complexity index is 914. The van der Waals surface area contributed by atoms with Crippen LogP contribution in [0.3, 0.4) is 0 Å². The lowest BCUT2D eigenvalue weighted by Crippen LogP contribution is -2.26. The minimum atomic E-state index is -0.168. The molecular weight excluding hydrogens is 364 g/mol. The van der Waals surface area contributed by atoms with Gasteiger partial charge in [-0.15, -0.1) is 0 Å². The number of amides is 2. The number of hydrogen-bond donors (Lipinski definition) is 2. The number of fused-ring (bicyclic) bond motifs is 1. The van der Waals surface area contributed by atoms with E-state index in [0.717, 1.165) is 37.0 Å². The van der Waals surface area contributed by atoms with Crippen LogP contribution in [-0.2, 0) is 17.6 Å². The summed E-state index contributed by atoms with van der Waals surface area (Å²) in [4.78, 5) is 23.9. The molecule has 2 aliphatic rings. The standard InChI is InChI=1S/C24H26N2O3/c27-23(25-14-15-29-22-12-9-18-2-1-3-20(18)16-22)13-6-17-4-7-19(8-5-17)24(28)26-21-10-11-21/h4-9,12-13,16,21H,1-3,10-11,14-15H2,(H,25,27)(H,26,28). The Labute approximate surface area is 171 Å². The molecule has 0 aromatic heterocycles. The molecule has 5 nitrogen and oxygen atoms in total. The highest BCUT2D eigenvalue weighted by Crippen LogP contribution is 2.25. The molecule has 2 aromatic rings. The molecule has 0 unspecified atom stereocenters. The predicted octanol–water partition coefficient (Wildman–Crippen LogP) is 3.28. The van der Waals surface area contributed by atoms with Crippen molar-refractivity contribution in [3.8, 4) is 5.75 Å². The van der Waals surface area contributed by atoms with Crippen LogP contribution >= 0.6 is 0 Å². The molecular formula is C24H26N2O3. The van der Waals surface area contributed by atoms with Crippen molar-refractivity contribution in [2.24, 2.45) is 0 Å². The summed E-state index contributed by atoms with van der Waals surface area (Å²) < 4.78 is 5.74. The Morgan fingerprint density at radius 3 is 2.62 bits per heavy atom. The van der Waals surface area contributed by atoms with Crippen LogP contribution in [0.15, 0.2) is 48.5 Å². The second-order valence-corrected chi connectivity index (χ2v) is 7.63. The summed E-state index contributed by atoms with van der Waals surface area (Å²) in [5.41, 5.74) is 4.32. The van der Waals surface area contributed by atoms with Gasteiger partial charge < -0.3 is 15.4 Å². The molecule has 150 valence electrons. The highest BCUT2D eigenvalue weighted by molar-refractivity contribution is 5.95.